The number of nitrogen functional groups attached to an aromatic ring is 1. The fraction of sp³-hybridized carbons (Fsp3) is 0.138. The van der Waals surface area contributed by atoms with Crippen LogP contribution in [0.3, 0.4) is 0 Å². The molecule has 0 radical (unpaired) electrons. The molecule has 9 nitrogen and oxygen atoms in total. The van der Waals surface area contributed by atoms with Gasteiger partial charge in [0.15, 0.2) is 17.8 Å². The molecule has 0 fully saturated rings. The monoisotopic (exact) mass is 506 g/mol. The summed E-state index contributed by atoms with van der Waals surface area (Å²) < 4.78 is 2.11. The van der Waals surface area contributed by atoms with Gasteiger partial charge in [-0.25, -0.2) is 15.0 Å². The fourth-order valence-electron chi connectivity index (χ4n) is 4.58. The van der Waals surface area contributed by atoms with E-state index in [1.54, 1.807) is 6.20 Å². The molecule has 1 amide bonds. The molecule has 0 saturated carbocycles. The summed E-state index contributed by atoms with van der Waals surface area (Å²) >= 11 is 0. The van der Waals surface area contributed by atoms with Gasteiger partial charge in [0.05, 0.1) is 11.1 Å². The van der Waals surface area contributed by atoms with E-state index in [2.05, 4.69) is 27.8 Å². The van der Waals surface area contributed by atoms with Crippen molar-refractivity contribution in [3.8, 4) is 22.8 Å². The number of amides is 1. The van der Waals surface area contributed by atoms with E-state index in [1.165, 1.54) is 42.2 Å². The first-order valence-corrected chi connectivity index (χ1v) is 12.1. The van der Waals surface area contributed by atoms with E-state index in [-0.39, 0.29) is 16.9 Å². The number of aryl methyl sites for hydroxylation is 3. The molecule has 0 unspecified atom stereocenters. The van der Waals surface area contributed by atoms with Crippen molar-refractivity contribution in [1.29, 1.82) is 0 Å². The molecular weight excluding hydrogens is 480 g/mol. The van der Waals surface area contributed by atoms with E-state index >= 15 is 0 Å². The lowest BCUT2D eigenvalue weighted by Gasteiger charge is -2.12. The highest BCUT2D eigenvalue weighted by Crippen LogP contribution is 2.32. The number of imidazole rings is 1. The highest BCUT2D eigenvalue weighted by Gasteiger charge is 2.19. The maximum absolute atomic E-state index is 10.6. The van der Waals surface area contributed by atoms with Crippen molar-refractivity contribution in [2.45, 2.75) is 26.2 Å². The van der Waals surface area contributed by atoms with E-state index in [0.29, 0.717) is 12.1 Å². The number of anilines is 1. The van der Waals surface area contributed by atoms with Crippen molar-refractivity contribution in [3.05, 3.63) is 94.8 Å². The number of primary amides is 1. The first-order chi connectivity index (χ1) is 18.4. The molecule has 0 bridgehead atoms. The molecule has 38 heavy (non-hydrogen) atoms. The molecule has 0 atom stereocenters. The Morgan fingerprint density at radius 1 is 1.03 bits per heavy atom. The average Bonchev–Trinajstić information content (AvgIpc) is 3.53. The SMILES string of the molecule is Cc1ccc2nc(-c3cccnc3N)n(-c3ccc4c(c3)CCC4)c2n1.NC(=O)c1ccc(O)c(C=O)c1. The van der Waals surface area contributed by atoms with Crippen LogP contribution in [0.15, 0.2) is 66.9 Å². The lowest BCUT2D eigenvalue weighted by Crippen LogP contribution is -2.10. The van der Waals surface area contributed by atoms with Gasteiger partial charge in [-0.05, 0) is 91.9 Å². The largest absolute Gasteiger partial charge is 0.507 e. The lowest BCUT2D eigenvalue weighted by atomic mass is 10.1. The molecule has 3 heterocycles. The maximum Gasteiger partial charge on any atom is 0.248 e. The molecule has 1 aliphatic rings. The second-order valence-electron chi connectivity index (χ2n) is 9.06. The van der Waals surface area contributed by atoms with Crippen molar-refractivity contribution in [2.75, 3.05) is 5.73 Å². The standard InChI is InChI=1S/C21H19N5.C8H7NO3/c1-13-7-10-18-21(24-13)26(16-9-8-14-4-2-5-15(14)12-16)20(25-18)17-6-3-11-23-19(17)22;9-8(12)5-1-2-7(11)6(3-5)4-10/h3,6-12H,2,4-5H2,1H3,(H2,22,23);1-4,11H,(H2,9,12). The molecule has 0 saturated heterocycles. The molecule has 0 aliphatic heterocycles. The number of carbonyl (C=O) groups is 2. The Bertz CT molecular complexity index is 1690. The van der Waals surface area contributed by atoms with E-state index in [4.69, 9.17) is 26.5 Å². The molecule has 5 aromatic rings. The Morgan fingerprint density at radius 2 is 1.84 bits per heavy atom. The van der Waals surface area contributed by atoms with Crippen LogP contribution in [0.1, 0.15) is 44.0 Å². The number of phenols is 1. The van der Waals surface area contributed by atoms with Crippen molar-refractivity contribution in [2.24, 2.45) is 5.73 Å². The summed E-state index contributed by atoms with van der Waals surface area (Å²) in [5.74, 6) is 0.469. The fourth-order valence-corrected chi connectivity index (χ4v) is 4.58. The minimum absolute atomic E-state index is 0.0614. The normalized spacial score (nSPS) is 12.0. The van der Waals surface area contributed by atoms with Gasteiger partial charge in [-0.1, -0.05) is 6.07 Å². The van der Waals surface area contributed by atoms with Gasteiger partial charge in [-0.3, -0.25) is 14.2 Å². The summed E-state index contributed by atoms with van der Waals surface area (Å²) in [6.45, 7) is 2.00. The average molecular weight is 507 g/mol. The van der Waals surface area contributed by atoms with E-state index in [9.17, 15) is 9.59 Å². The van der Waals surface area contributed by atoms with Gasteiger partial charge in [0.25, 0.3) is 0 Å². The summed E-state index contributed by atoms with van der Waals surface area (Å²) in [5, 5.41) is 9.03. The van der Waals surface area contributed by atoms with E-state index in [0.717, 1.165) is 40.4 Å². The molecule has 5 N–H and O–H groups in total. The van der Waals surface area contributed by atoms with E-state index in [1.807, 2.05) is 31.2 Å². The quantitative estimate of drug-likeness (QED) is 0.310. The number of hydrogen-bond donors (Lipinski definition) is 3. The zero-order valence-electron chi connectivity index (χ0n) is 20.8. The Hall–Kier alpha value is -5.05. The van der Waals surface area contributed by atoms with Gasteiger partial charge in [-0.2, -0.15) is 0 Å². The maximum atomic E-state index is 10.6. The van der Waals surface area contributed by atoms with Crippen LogP contribution >= 0.6 is 0 Å². The third-order valence-electron chi connectivity index (χ3n) is 6.50. The molecular formula is C29H26N6O3. The van der Waals surface area contributed by atoms with Gasteiger partial charge in [0.1, 0.15) is 17.1 Å². The lowest BCUT2D eigenvalue weighted by molar-refractivity contribution is 0.1000. The first-order valence-electron chi connectivity index (χ1n) is 12.1. The first kappa shape index (κ1) is 24.6. The predicted octanol–water partition coefficient (Wildman–Crippen LogP) is 4.17. The Morgan fingerprint density at radius 3 is 2.61 bits per heavy atom. The van der Waals surface area contributed by atoms with Crippen LogP contribution in [-0.4, -0.2) is 36.8 Å². The number of fused-ring (bicyclic) bond motifs is 2. The molecule has 1 aliphatic carbocycles. The summed E-state index contributed by atoms with van der Waals surface area (Å²) in [6, 6.07) is 18.3. The summed E-state index contributed by atoms with van der Waals surface area (Å²) in [6.07, 6.45) is 5.68. The van der Waals surface area contributed by atoms with Gasteiger partial charge in [0, 0.05) is 23.1 Å². The number of aromatic hydroxyl groups is 1. The summed E-state index contributed by atoms with van der Waals surface area (Å²) in [7, 11) is 0. The summed E-state index contributed by atoms with van der Waals surface area (Å²) in [5.41, 5.74) is 18.8. The van der Waals surface area contributed by atoms with E-state index < -0.39 is 5.91 Å². The van der Waals surface area contributed by atoms with Crippen LogP contribution in [-0.2, 0) is 12.8 Å². The van der Waals surface area contributed by atoms with Crippen LogP contribution in [0, 0.1) is 6.92 Å². The van der Waals surface area contributed by atoms with Gasteiger partial charge >= 0.3 is 0 Å². The molecule has 6 rings (SSSR count). The minimum atomic E-state index is -0.627. The number of rotatable bonds is 4. The number of aromatic nitrogens is 4. The van der Waals surface area contributed by atoms with Crippen molar-refractivity contribution < 1.29 is 14.7 Å². The topological polar surface area (TPSA) is 150 Å². The zero-order chi connectivity index (χ0) is 26.8. The van der Waals surface area contributed by atoms with Crippen molar-refractivity contribution in [3.63, 3.8) is 0 Å². The van der Waals surface area contributed by atoms with Crippen LogP contribution < -0.4 is 11.5 Å². The van der Waals surface area contributed by atoms with Crippen molar-refractivity contribution >= 4 is 29.2 Å². The van der Waals surface area contributed by atoms with Crippen LogP contribution in [0.5, 0.6) is 5.75 Å². The number of carbonyl (C=O) groups excluding carboxylic acids is 2. The smallest absolute Gasteiger partial charge is 0.248 e. The molecule has 0 spiro atoms. The molecule has 190 valence electrons. The zero-order valence-corrected chi connectivity index (χ0v) is 20.8. The molecule has 3 aromatic heterocycles. The third kappa shape index (κ3) is 4.69. The Labute approximate surface area is 218 Å². The predicted molar refractivity (Wildman–Crippen MR) is 145 cm³/mol. The summed E-state index contributed by atoms with van der Waals surface area (Å²) in [4.78, 5) is 34.7. The van der Waals surface area contributed by atoms with Gasteiger partial charge in [0.2, 0.25) is 5.91 Å². The number of phenolic OH excluding ortho intramolecular Hbond substituents is 1. The second kappa shape index (κ2) is 10.1. The number of benzene rings is 2. The highest BCUT2D eigenvalue weighted by molar-refractivity contribution is 5.95. The van der Waals surface area contributed by atoms with Crippen LogP contribution in [0.4, 0.5) is 5.82 Å². The highest BCUT2D eigenvalue weighted by atomic mass is 16.3. The Balaban J connectivity index is 0.000000207. The number of nitrogens with zero attached hydrogens (tertiary/aromatic N) is 4. The van der Waals surface area contributed by atoms with Crippen molar-refractivity contribution in [1.82, 2.24) is 19.5 Å². The number of pyridine rings is 2. The molecule has 2 aromatic carbocycles. The van der Waals surface area contributed by atoms with Crippen LogP contribution in [0.2, 0.25) is 0 Å². The number of hydrogen-bond acceptors (Lipinski definition) is 7. The number of nitrogens with two attached hydrogens (primary N) is 2. The van der Waals surface area contributed by atoms with Gasteiger partial charge < -0.3 is 16.6 Å². The molecule has 9 heteroatoms. The minimum Gasteiger partial charge on any atom is -0.507 e. The number of aldehydes is 1. The Kier molecular flexibility index (Phi) is 6.57. The van der Waals surface area contributed by atoms with Crippen LogP contribution in [0.25, 0.3) is 28.2 Å². The second-order valence-corrected chi connectivity index (χ2v) is 9.06. The van der Waals surface area contributed by atoms with Gasteiger partial charge in [-0.15, -0.1) is 0 Å². The third-order valence-corrected chi connectivity index (χ3v) is 6.50.